The molecule has 2 unspecified atom stereocenters. The summed E-state index contributed by atoms with van der Waals surface area (Å²) in [5.41, 5.74) is 3.93. The summed E-state index contributed by atoms with van der Waals surface area (Å²) in [4.78, 5) is 36.6. The van der Waals surface area contributed by atoms with Gasteiger partial charge in [0.2, 0.25) is 11.8 Å². The zero-order valence-corrected chi connectivity index (χ0v) is 23.3. The number of aromatic nitrogens is 1. The van der Waals surface area contributed by atoms with Crippen molar-refractivity contribution in [1.82, 2.24) is 14.8 Å². The molecule has 1 saturated carbocycles. The molecule has 2 saturated heterocycles. The van der Waals surface area contributed by atoms with Gasteiger partial charge in [-0.3, -0.25) is 14.6 Å². The number of carbonyl (C=O) groups excluding carboxylic acids is 2. The Labute approximate surface area is 231 Å². The first-order valence-corrected chi connectivity index (χ1v) is 14.6. The molecule has 3 fully saturated rings. The number of aryl methyl sites for hydroxylation is 1. The van der Waals surface area contributed by atoms with E-state index in [-0.39, 0.29) is 23.8 Å². The highest BCUT2D eigenvalue weighted by Gasteiger charge is 2.59. The molecule has 0 bridgehead atoms. The zero-order chi connectivity index (χ0) is 27.0. The molecule has 2 aromatic rings. The number of carbonyl (C=O) groups is 2. The van der Waals surface area contributed by atoms with Gasteiger partial charge in [0.1, 0.15) is 0 Å². The van der Waals surface area contributed by atoms with Crippen molar-refractivity contribution < 1.29 is 19.1 Å². The lowest BCUT2D eigenvalue weighted by Gasteiger charge is -2.37. The number of ether oxygens (including phenoxy) is 2. The molecule has 7 nitrogen and oxygen atoms in total. The predicted octanol–water partition coefficient (Wildman–Crippen LogP) is 3.81. The Morgan fingerprint density at radius 2 is 2.05 bits per heavy atom. The number of hydrogen-bond donors (Lipinski definition) is 0. The normalized spacial score (nSPS) is 30.2. The Morgan fingerprint density at radius 1 is 1.21 bits per heavy atom. The molecule has 6 rings (SSSR count). The van der Waals surface area contributed by atoms with Crippen LogP contribution in [0.15, 0.2) is 42.6 Å². The van der Waals surface area contributed by atoms with Crippen LogP contribution in [0.4, 0.5) is 0 Å². The largest absolute Gasteiger partial charge is 0.379 e. The first kappa shape index (κ1) is 26.5. The molecule has 1 aliphatic carbocycles. The lowest BCUT2D eigenvalue weighted by Crippen LogP contribution is -2.49. The number of fused-ring (bicyclic) bond motifs is 2. The minimum atomic E-state index is -0.500. The van der Waals surface area contributed by atoms with E-state index in [1.807, 2.05) is 41.4 Å². The molecule has 2 amide bonds. The van der Waals surface area contributed by atoms with Crippen LogP contribution in [0.25, 0.3) is 0 Å². The maximum atomic E-state index is 14.5. The average molecular weight is 532 g/mol. The number of amides is 2. The summed E-state index contributed by atoms with van der Waals surface area (Å²) in [6.07, 6.45) is 7.16. The Hall–Kier alpha value is -2.77. The fraction of sp³-hybridized carbons (Fsp3) is 0.594. The van der Waals surface area contributed by atoms with E-state index in [9.17, 15) is 9.59 Å². The molecule has 0 spiro atoms. The van der Waals surface area contributed by atoms with E-state index in [1.54, 1.807) is 7.11 Å². The first-order valence-electron chi connectivity index (χ1n) is 14.6. The van der Waals surface area contributed by atoms with E-state index in [2.05, 4.69) is 22.9 Å². The van der Waals surface area contributed by atoms with Crippen LogP contribution in [0.5, 0.6) is 0 Å². The number of likely N-dealkylation sites (tertiary alicyclic amines) is 1. The van der Waals surface area contributed by atoms with E-state index < -0.39 is 5.41 Å². The van der Waals surface area contributed by atoms with Crippen LogP contribution < -0.4 is 0 Å². The van der Waals surface area contributed by atoms with E-state index in [1.165, 1.54) is 0 Å². The van der Waals surface area contributed by atoms with Gasteiger partial charge in [0.05, 0.1) is 24.5 Å². The number of hydrogen-bond acceptors (Lipinski definition) is 5. The minimum Gasteiger partial charge on any atom is -0.379 e. The summed E-state index contributed by atoms with van der Waals surface area (Å²) in [6.45, 7) is 6.03. The zero-order valence-electron chi connectivity index (χ0n) is 23.3. The fourth-order valence-corrected chi connectivity index (χ4v) is 7.84. The Morgan fingerprint density at radius 3 is 2.87 bits per heavy atom. The van der Waals surface area contributed by atoms with Crippen LogP contribution in [0.1, 0.15) is 48.1 Å². The molecule has 0 radical (unpaired) electrons. The van der Waals surface area contributed by atoms with Crippen LogP contribution in [-0.2, 0) is 38.4 Å². The summed E-state index contributed by atoms with van der Waals surface area (Å²) in [5.74, 6) is 1.51. The van der Waals surface area contributed by atoms with Crippen LogP contribution in [0, 0.1) is 30.1 Å². The molecule has 0 N–H and O–H groups in total. The lowest BCUT2D eigenvalue weighted by atomic mass is 9.78. The van der Waals surface area contributed by atoms with E-state index in [4.69, 9.17) is 9.47 Å². The van der Waals surface area contributed by atoms with Crippen molar-refractivity contribution >= 4 is 11.8 Å². The number of benzene rings is 1. The summed E-state index contributed by atoms with van der Waals surface area (Å²) in [6, 6.07) is 12.1. The van der Waals surface area contributed by atoms with Gasteiger partial charge in [-0.2, -0.15) is 0 Å². The first-order chi connectivity index (χ1) is 18.9. The maximum Gasteiger partial charge on any atom is 0.231 e. The van der Waals surface area contributed by atoms with Gasteiger partial charge in [0, 0.05) is 58.2 Å². The van der Waals surface area contributed by atoms with Gasteiger partial charge in [-0.15, -0.1) is 0 Å². The van der Waals surface area contributed by atoms with Gasteiger partial charge in [-0.05, 0) is 67.1 Å². The third-order valence-corrected chi connectivity index (χ3v) is 9.79. The quantitative estimate of drug-likeness (QED) is 0.567. The highest BCUT2D eigenvalue weighted by molar-refractivity contribution is 5.87. The number of methoxy groups -OCH3 is 1. The highest BCUT2D eigenvalue weighted by Crippen LogP contribution is 2.54. The molecule has 3 aliphatic heterocycles. The molecule has 208 valence electrons. The molecule has 7 heteroatoms. The SMILES string of the molecule is COC1COCCC1C[C@@H]1C[C@H]2CN(C(=O)Cc3ccccc3)C[C@@]2(C(=O)N2CCc3ncc(C)cc3C2)C1. The monoisotopic (exact) mass is 531 g/mol. The Bertz CT molecular complexity index is 1200. The highest BCUT2D eigenvalue weighted by atomic mass is 16.5. The average Bonchev–Trinajstić information content (AvgIpc) is 3.48. The minimum absolute atomic E-state index is 0.129. The predicted molar refractivity (Wildman–Crippen MR) is 148 cm³/mol. The van der Waals surface area contributed by atoms with Crippen LogP contribution in [-0.4, -0.2) is 72.7 Å². The van der Waals surface area contributed by atoms with Crippen molar-refractivity contribution in [3.05, 3.63) is 65.0 Å². The van der Waals surface area contributed by atoms with Crippen molar-refractivity contribution in [3.8, 4) is 0 Å². The van der Waals surface area contributed by atoms with Crippen molar-refractivity contribution in [1.29, 1.82) is 0 Å². The van der Waals surface area contributed by atoms with Gasteiger partial charge in [0.25, 0.3) is 0 Å². The van der Waals surface area contributed by atoms with Crippen LogP contribution >= 0.6 is 0 Å². The molecular formula is C32H41N3O4. The topological polar surface area (TPSA) is 72.0 Å². The smallest absolute Gasteiger partial charge is 0.231 e. The summed E-state index contributed by atoms with van der Waals surface area (Å²) < 4.78 is 11.4. The van der Waals surface area contributed by atoms with Gasteiger partial charge >= 0.3 is 0 Å². The number of pyridine rings is 1. The third kappa shape index (κ3) is 5.23. The molecule has 1 aromatic heterocycles. The van der Waals surface area contributed by atoms with Crippen LogP contribution in [0.2, 0.25) is 0 Å². The molecule has 4 aliphatic rings. The third-order valence-electron chi connectivity index (χ3n) is 9.79. The molecular weight excluding hydrogens is 490 g/mol. The molecule has 4 heterocycles. The van der Waals surface area contributed by atoms with Crippen molar-refractivity contribution in [2.24, 2.45) is 23.2 Å². The second kappa shape index (κ2) is 11.0. The summed E-state index contributed by atoms with van der Waals surface area (Å²) in [7, 11) is 1.78. The number of rotatable bonds is 6. The second-order valence-electron chi connectivity index (χ2n) is 12.3. The molecule has 39 heavy (non-hydrogen) atoms. The summed E-state index contributed by atoms with van der Waals surface area (Å²) >= 11 is 0. The fourth-order valence-electron chi connectivity index (χ4n) is 7.84. The molecule has 5 atom stereocenters. The lowest BCUT2D eigenvalue weighted by molar-refractivity contribution is -0.144. The van der Waals surface area contributed by atoms with Crippen molar-refractivity contribution in [2.45, 2.75) is 58.1 Å². The second-order valence-corrected chi connectivity index (χ2v) is 12.3. The van der Waals surface area contributed by atoms with Crippen LogP contribution in [0.3, 0.4) is 0 Å². The maximum absolute atomic E-state index is 14.5. The van der Waals surface area contributed by atoms with Crippen molar-refractivity contribution in [2.75, 3.05) is 40.0 Å². The van der Waals surface area contributed by atoms with Gasteiger partial charge in [-0.1, -0.05) is 36.4 Å². The van der Waals surface area contributed by atoms with Gasteiger partial charge < -0.3 is 19.3 Å². The number of nitrogens with zero attached hydrogens (tertiary/aromatic N) is 3. The summed E-state index contributed by atoms with van der Waals surface area (Å²) in [5, 5.41) is 0. The Kier molecular flexibility index (Phi) is 7.47. The van der Waals surface area contributed by atoms with E-state index >= 15 is 0 Å². The van der Waals surface area contributed by atoms with E-state index in [0.29, 0.717) is 51.0 Å². The van der Waals surface area contributed by atoms with Gasteiger partial charge in [0.15, 0.2) is 0 Å². The van der Waals surface area contributed by atoms with E-state index in [0.717, 1.165) is 61.1 Å². The molecule has 1 aromatic carbocycles. The van der Waals surface area contributed by atoms with Crippen molar-refractivity contribution in [3.63, 3.8) is 0 Å². The Balaban J connectivity index is 1.22. The van der Waals surface area contributed by atoms with Gasteiger partial charge in [-0.25, -0.2) is 0 Å². The standard InChI is InChI=1S/C32H41N3O4/c1-22-12-26-18-34(10-8-28(26)33-17-22)31(37)32-16-24(13-25-9-11-39-20-29(25)38-2)14-27(32)19-35(21-32)30(36)15-23-6-4-3-5-7-23/h3-7,12,17,24-25,27,29H,8-11,13-16,18-21H2,1-2H3/t24-,25?,27+,29?,32+/m1/s1.